The SMILES string of the molecule is CCc1ncnc(O[C@@H]2CCN(C(=O)c3cccc(OC(F)(F)F)c3)C2)c1F. The number of nitrogens with zero attached hydrogens (tertiary/aromatic N) is 3. The van der Waals surface area contributed by atoms with Crippen LogP contribution in [0.1, 0.15) is 29.4 Å². The van der Waals surface area contributed by atoms with Crippen molar-refractivity contribution in [1.82, 2.24) is 14.9 Å². The van der Waals surface area contributed by atoms with Crippen LogP contribution in [0.15, 0.2) is 30.6 Å². The highest BCUT2D eigenvalue weighted by atomic mass is 19.4. The summed E-state index contributed by atoms with van der Waals surface area (Å²) in [6.45, 7) is 2.23. The van der Waals surface area contributed by atoms with Crippen LogP contribution in [0.3, 0.4) is 0 Å². The van der Waals surface area contributed by atoms with Gasteiger partial charge in [-0.25, -0.2) is 4.98 Å². The lowest BCUT2D eigenvalue weighted by Crippen LogP contribution is -2.31. The van der Waals surface area contributed by atoms with Gasteiger partial charge in [-0.3, -0.25) is 4.79 Å². The molecule has 2 heterocycles. The average Bonchev–Trinajstić information content (AvgIpc) is 3.10. The summed E-state index contributed by atoms with van der Waals surface area (Å²) in [5.41, 5.74) is 0.293. The molecule has 0 radical (unpaired) electrons. The second kappa shape index (κ2) is 7.99. The van der Waals surface area contributed by atoms with Gasteiger partial charge >= 0.3 is 6.36 Å². The zero-order valence-corrected chi connectivity index (χ0v) is 14.9. The van der Waals surface area contributed by atoms with E-state index in [4.69, 9.17) is 4.74 Å². The number of aryl methyl sites for hydroxylation is 1. The topological polar surface area (TPSA) is 64.6 Å². The van der Waals surface area contributed by atoms with Gasteiger partial charge in [0.15, 0.2) is 0 Å². The first kappa shape index (κ1) is 19.8. The fourth-order valence-corrected chi connectivity index (χ4v) is 2.89. The number of likely N-dealkylation sites (tertiary alicyclic amines) is 1. The third kappa shape index (κ3) is 4.68. The third-order valence-electron chi connectivity index (χ3n) is 4.19. The summed E-state index contributed by atoms with van der Waals surface area (Å²) in [4.78, 5) is 21.6. The molecule has 1 fully saturated rings. The second-order valence-electron chi connectivity index (χ2n) is 6.15. The summed E-state index contributed by atoms with van der Waals surface area (Å²) >= 11 is 0. The van der Waals surface area contributed by atoms with E-state index in [1.54, 1.807) is 6.92 Å². The van der Waals surface area contributed by atoms with E-state index >= 15 is 0 Å². The Hall–Kier alpha value is -2.91. The van der Waals surface area contributed by atoms with Gasteiger partial charge in [0.25, 0.3) is 11.8 Å². The molecule has 1 saturated heterocycles. The van der Waals surface area contributed by atoms with Gasteiger partial charge < -0.3 is 14.4 Å². The first-order chi connectivity index (χ1) is 13.3. The monoisotopic (exact) mass is 399 g/mol. The van der Waals surface area contributed by atoms with Crippen molar-refractivity contribution >= 4 is 5.91 Å². The average molecular weight is 399 g/mol. The van der Waals surface area contributed by atoms with E-state index in [1.807, 2.05) is 0 Å². The number of aromatic nitrogens is 2. The molecule has 0 saturated carbocycles. The predicted molar refractivity (Wildman–Crippen MR) is 89.4 cm³/mol. The van der Waals surface area contributed by atoms with Crippen molar-refractivity contribution in [2.45, 2.75) is 32.2 Å². The Morgan fingerprint density at radius 2 is 2.11 bits per heavy atom. The molecule has 3 rings (SSSR count). The normalized spacial score (nSPS) is 16.9. The fraction of sp³-hybridized carbons (Fsp3) is 0.389. The lowest BCUT2D eigenvalue weighted by atomic mass is 10.2. The zero-order valence-electron chi connectivity index (χ0n) is 14.9. The molecule has 0 unspecified atom stereocenters. The number of carbonyl (C=O) groups is 1. The summed E-state index contributed by atoms with van der Waals surface area (Å²) in [6, 6.07) is 4.85. The third-order valence-corrected chi connectivity index (χ3v) is 4.19. The van der Waals surface area contributed by atoms with Crippen molar-refractivity contribution in [2.75, 3.05) is 13.1 Å². The Labute approximate surface area is 158 Å². The molecule has 150 valence electrons. The lowest BCUT2D eigenvalue weighted by Gasteiger charge is -2.18. The molecule has 1 aromatic carbocycles. The number of amides is 1. The minimum Gasteiger partial charge on any atom is -0.470 e. The largest absolute Gasteiger partial charge is 0.573 e. The van der Waals surface area contributed by atoms with E-state index in [-0.39, 0.29) is 23.7 Å². The summed E-state index contributed by atoms with van der Waals surface area (Å²) in [5, 5.41) is 0. The van der Waals surface area contributed by atoms with Gasteiger partial charge in [-0.05, 0) is 24.6 Å². The van der Waals surface area contributed by atoms with Crippen LogP contribution in [0.4, 0.5) is 17.6 Å². The number of carbonyl (C=O) groups excluding carboxylic acids is 1. The molecular weight excluding hydrogens is 382 g/mol. The number of hydrogen-bond acceptors (Lipinski definition) is 5. The Balaban J connectivity index is 1.65. The molecule has 0 bridgehead atoms. The molecule has 1 aliphatic rings. The van der Waals surface area contributed by atoms with E-state index in [0.29, 0.717) is 19.4 Å². The predicted octanol–water partition coefficient (Wildman–Crippen LogP) is 3.37. The number of halogens is 4. The molecule has 0 aliphatic carbocycles. The summed E-state index contributed by atoms with van der Waals surface area (Å²) in [6.07, 6.45) is -3.28. The molecule has 0 N–H and O–H groups in total. The Morgan fingerprint density at radius 3 is 2.82 bits per heavy atom. The first-order valence-corrected chi connectivity index (χ1v) is 8.58. The fourth-order valence-electron chi connectivity index (χ4n) is 2.89. The quantitative estimate of drug-likeness (QED) is 0.722. The molecule has 1 aliphatic heterocycles. The molecule has 6 nitrogen and oxygen atoms in total. The van der Waals surface area contributed by atoms with Gasteiger partial charge in [-0.1, -0.05) is 13.0 Å². The van der Waals surface area contributed by atoms with Gasteiger partial charge in [0.1, 0.15) is 18.2 Å². The second-order valence-corrected chi connectivity index (χ2v) is 6.15. The molecule has 0 spiro atoms. The van der Waals surface area contributed by atoms with E-state index < -0.39 is 29.9 Å². The number of alkyl halides is 3. The van der Waals surface area contributed by atoms with E-state index in [1.165, 1.54) is 23.4 Å². The van der Waals surface area contributed by atoms with Gasteiger partial charge in [0.2, 0.25) is 5.82 Å². The van der Waals surface area contributed by atoms with Gasteiger partial charge in [-0.2, -0.15) is 9.37 Å². The Morgan fingerprint density at radius 1 is 1.32 bits per heavy atom. The van der Waals surface area contributed by atoms with Crippen LogP contribution >= 0.6 is 0 Å². The zero-order chi connectivity index (χ0) is 20.3. The van der Waals surface area contributed by atoms with Gasteiger partial charge in [0.05, 0.1) is 12.2 Å². The summed E-state index contributed by atoms with van der Waals surface area (Å²) in [5.74, 6) is -1.74. The number of ether oxygens (including phenoxy) is 2. The van der Waals surface area contributed by atoms with E-state index in [2.05, 4.69) is 14.7 Å². The van der Waals surface area contributed by atoms with Crippen molar-refractivity contribution in [1.29, 1.82) is 0 Å². The van der Waals surface area contributed by atoms with Crippen molar-refractivity contribution < 1.29 is 31.8 Å². The highest BCUT2D eigenvalue weighted by Gasteiger charge is 2.32. The molecular formula is C18H17F4N3O3. The molecule has 10 heteroatoms. The Kier molecular flexibility index (Phi) is 5.66. The van der Waals surface area contributed by atoms with Gasteiger partial charge in [-0.15, -0.1) is 13.2 Å². The summed E-state index contributed by atoms with van der Waals surface area (Å²) < 4.78 is 60.6. The van der Waals surface area contributed by atoms with Crippen molar-refractivity contribution in [2.24, 2.45) is 0 Å². The number of benzene rings is 1. The molecule has 2 aromatic rings. The minimum atomic E-state index is -4.84. The molecule has 28 heavy (non-hydrogen) atoms. The van der Waals surface area contributed by atoms with Crippen molar-refractivity contribution in [3.05, 3.63) is 47.7 Å². The highest BCUT2D eigenvalue weighted by Crippen LogP contribution is 2.25. The van der Waals surface area contributed by atoms with Crippen molar-refractivity contribution in [3.8, 4) is 11.6 Å². The van der Waals surface area contributed by atoms with Gasteiger partial charge in [0, 0.05) is 18.5 Å². The van der Waals surface area contributed by atoms with E-state index in [0.717, 1.165) is 12.1 Å². The van der Waals surface area contributed by atoms with E-state index in [9.17, 15) is 22.4 Å². The minimum absolute atomic E-state index is 0.0592. The molecule has 1 atom stereocenters. The van der Waals surface area contributed by atoms with Crippen LogP contribution in [0.25, 0.3) is 0 Å². The van der Waals surface area contributed by atoms with Crippen LogP contribution < -0.4 is 9.47 Å². The standard InChI is InChI=1S/C18H17F4N3O3/c1-2-14-15(19)16(24-10-23-14)27-13-6-7-25(9-13)17(26)11-4-3-5-12(8-11)28-18(20,21)22/h3-5,8,10,13H,2,6-7,9H2,1H3/t13-/m1/s1. The maximum Gasteiger partial charge on any atom is 0.573 e. The maximum atomic E-state index is 14.2. The molecule has 1 aromatic heterocycles. The maximum absolute atomic E-state index is 14.2. The highest BCUT2D eigenvalue weighted by molar-refractivity contribution is 5.94. The Bertz CT molecular complexity index is 860. The first-order valence-electron chi connectivity index (χ1n) is 8.58. The van der Waals surface area contributed by atoms with Crippen molar-refractivity contribution in [3.63, 3.8) is 0 Å². The van der Waals surface area contributed by atoms with Crippen LogP contribution in [0.5, 0.6) is 11.6 Å². The number of hydrogen-bond donors (Lipinski definition) is 0. The smallest absolute Gasteiger partial charge is 0.470 e. The molecule has 1 amide bonds. The van der Waals surface area contributed by atoms with Crippen LogP contribution in [-0.4, -0.2) is 46.3 Å². The van der Waals surface area contributed by atoms with Crippen LogP contribution in [0, 0.1) is 5.82 Å². The lowest BCUT2D eigenvalue weighted by molar-refractivity contribution is -0.274. The van der Waals surface area contributed by atoms with Crippen LogP contribution in [0.2, 0.25) is 0 Å². The summed E-state index contributed by atoms with van der Waals surface area (Å²) in [7, 11) is 0. The van der Waals surface area contributed by atoms with Crippen LogP contribution in [-0.2, 0) is 6.42 Å². The number of rotatable bonds is 5.